The number of nitrogens with zero attached hydrogens (tertiary/aromatic N) is 5. The molecule has 28 heavy (non-hydrogen) atoms. The molecule has 0 bridgehead atoms. The van der Waals surface area contributed by atoms with Gasteiger partial charge < -0.3 is 15.4 Å². The number of rotatable bonds is 6. The molecular formula is C19H23N7O2. The fourth-order valence-corrected chi connectivity index (χ4v) is 3.50. The predicted octanol–water partition coefficient (Wildman–Crippen LogP) is 0.867. The Morgan fingerprint density at radius 2 is 2.07 bits per heavy atom. The summed E-state index contributed by atoms with van der Waals surface area (Å²) < 4.78 is 8.62. The summed E-state index contributed by atoms with van der Waals surface area (Å²) in [7, 11) is 1.63. The lowest BCUT2D eigenvalue weighted by molar-refractivity contribution is -0.132. The van der Waals surface area contributed by atoms with E-state index in [1.54, 1.807) is 22.7 Å². The van der Waals surface area contributed by atoms with Gasteiger partial charge in [-0.15, -0.1) is 5.10 Å². The van der Waals surface area contributed by atoms with Crippen LogP contribution in [0.25, 0.3) is 5.69 Å². The number of hydrogen-bond donors (Lipinski definition) is 2. The van der Waals surface area contributed by atoms with Crippen molar-refractivity contribution in [3.63, 3.8) is 0 Å². The monoisotopic (exact) mass is 381 g/mol. The molecule has 1 aromatic carbocycles. The highest BCUT2D eigenvalue weighted by atomic mass is 16.5. The van der Waals surface area contributed by atoms with Gasteiger partial charge >= 0.3 is 0 Å². The summed E-state index contributed by atoms with van der Waals surface area (Å²) >= 11 is 0. The largest absolute Gasteiger partial charge is 0.497 e. The number of amides is 1. The summed E-state index contributed by atoms with van der Waals surface area (Å²) in [5.41, 5.74) is 0.895. The van der Waals surface area contributed by atoms with Crippen molar-refractivity contribution in [2.24, 2.45) is 0 Å². The van der Waals surface area contributed by atoms with Gasteiger partial charge in [-0.05, 0) is 56.3 Å². The Labute approximate surface area is 162 Å². The molecule has 1 fully saturated rings. The first-order valence-electron chi connectivity index (χ1n) is 9.26. The van der Waals surface area contributed by atoms with Gasteiger partial charge in [0.1, 0.15) is 17.0 Å². The quantitative estimate of drug-likeness (QED) is 0.657. The molecule has 9 nitrogen and oxygen atoms in total. The van der Waals surface area contributed by atoms with E-state index < -0.39 is 5.54 Å². The highest BCUT2D eigenvalue weighted by Crippen LogP contribution is 2.27. The number of hydrogen-bond acceptors (Lipinski definition) is 6. The summed E-state index contributed by atoms with van der Waals surface area (Å²) in [6.45, 7) is 1.87. The number of piperidine rings is 1. The highest BCUT2D eigenvalue weighted by molar-refractivity contribution is 5.84. The van der Waals surface area contributed by atoms with Crippen molar-refractivity contribution in [3.8, 4) is 11.4 Å². The molecule has 0 saturated carbocycles. The molecule has 4 rings (SSSR count). The molecule has 1 amide bonds. The zero-order valence-corrected chi connectivity index (χ0v) is 15.7. The summed E-state index contributed by atoms with van der Waals surface area (Å²) in [4.78, 5) is 13.1. The van der Waals surface area contributed by atoms with Crippen molar-refractivity contribution in [2.45, 2.75) is 24.9 Å². The maximum atomic E-state index is 13.1. The summed E-state index contributed by atoms with van der Waals surface area (Å²) in [5, 5.41) is 19.0. The Morgan fingerprint density at radius 3 is 2.75 bits per heavy atom. The second kappa shape index (κ2) is 7.81. The van der Waals surface area contributed by atoms with E-state index in [4.69, 9.17) is 4.74 Å². The number of ether oxygens (including phenoxy) is 1. The van der Waals surface area contributed by atoms with Crippen LogP contribution in [-0.4, -0.2) is 50.9 Å². The first-order valence-corrected chi connectivity index (χ1v) is 9.26. The van der Waals surface area contributed by atoms with Crippen molar-refractivity contribution in [2.75, 3.05) is 20.2 Å². The van der Waals surface area contributed by atoms with Crippen LogP contribution in [-0.2, 0) is 16.9 Å². The molecule has 2 aromatic heterocycles. The minimum atomic E-state index is -0.666. The molecule has 0 atom stereocenters. The molecule has 9 heteroatoms. The Hall–Kier alpha value is -3.20. The molecule has 3 aromatic rings. The summed E-state index contributed by atoms with van der Waals surface area (Å²) in [6.07, 6.45) is 6.76. The maximum Gasteiger partial charge on any atom is 0.248 e. The Kier molecular flexibility index (Phi) is 5.07. The van der Waals surface area contributed by atoms with Crippen molar-refractivity contribution in [1.82, 2.24) is 35.4 Å². The zero-order chi connectivity index (χ0) is 19.4. The second-order valence-electron chi connectivity index (χ2n) is 6.77. The van der Waals surface area contributed by atoms with Gasteiger partial charge in [-0.3, -0.25) is 9.48 Å². The number of benzene rings is 1. The molecule has 2 N–H and O–H groups in total. The minimum Gasteiger partial charge on any atom is -0.497 e. The van der Waals surface area contributed by atoms with E-state index in [-0.39, 0.29) is 5.91 Å². The van der Waals surface area contributed by atoms with E-state index >= 15 is 0 Å². The third-order valence-electron chi connectivity index (χ3n) is 5.10. The van der Waals surface area contributed by atoms with Crippen LogP contribution >= 0.6 is 0 Å². The third-order valence-corrected chi connectivity index (χ3v) is 5.10. The first kappa shape index (κ1) is 18.2. The summed E-state index contributed by atoms with van der Waals surface area (Å²) in [5.74, 6) is 0.735. The van der Waals surface area contributed by atoms with Crippen molar-refractivity contribution in [1.29, 1.82) is 0 Å². The lowest BCUT2D eigenvalue weighted by Crippen LogP contribution is -2.54. The van der Waals surface area contributed by atoms with Gasteiger partial charge in [0.05, 0.1) is 25.5 Å². The van der Waals surface area contributed by atoms with E-state index in [1.165, 1.54) is 0 Å². The van der Waals surface area contributed by atoms with Gasteiger partial charge in [0.15, 0.2) is 0 Å². The molecular weight excluding hydrogens is 358 g/mol. The van der Waals surface area contributed by atoms with E-state index in [9.17, 15) is 4.79 Å². The molecule has 1 aliphatic heterocycles. The van der Waals surface area contributed by atoms with E-state index in [1.807, 2.05) is 42.7 Å². The first-order chi connectivity index (χ1) is 13.7. The zero-order valence-electron chi connectivity index (χ0n) is 15.7. The average molecular weight is 381 g/mol. The van der Waals surface area contributed by atoms with E-state index in [0.717, 1.165) is 24.5 Å². The van der Waals surface area contributed by atoms with Gasteiger partial charge in [0.2, 0.25) is 5.91 Å². The Morgan fingerprint density at radius 1 is 1.29 bits per heavy atom. The van der Waals surface area contributed by atoms with Gasteiger partial charge in [0, 0.05) is 12.4 Å². The smallest absolute Gasteiger partial charge is 0.248 e. The number of methoxy groups -OCH3 is 1. The van der Waals surface area contributed by atoms with Crippen LogP contribution in [0.5, 0.6) is 5.75 Å². The fourth-order valence-electron chi connectivity index (χ4n) is 3.50. The van der Waals surface area contributed by atoms with Crippen LogP contribution in [0.4, 0.5) is 0 Å². The van der Waals surface area contributed by atoms with Gasteiger partial charge in [-0.2, -0.15) is 5.10 Å². The molecule has 0 aliphatic carbocycles. The van der Waals surface area contributed by atoms with E-state index in [0.29, 0.717) is 25.1 Å². The topological polar surface area (TPSA) is 98.9 Å². The van der Waals surface area contributed by atoms with Crippen molar-refractivity contribution < 1.29 is 9.53 Å². The number of carbonyl (C=O) groups is 1. The van der Waals surface area contributed by atoms with Crippen LogP contribution in [0.3, 0.4) is 0 Å². The molecule has 0 radical (unpaired) electrons. The van der Waals surface area contributed by atoms with Gasteiger partial charge in [-0.25, -0.2) is 4.68 Å². The average Bonchev–Trinajstić information content (AvgIpc) is 3.45. The Bertz CT molecular complexity index is 912. The molecule has 1 aliphatic rings. The van der Waals surface area contributed by atoms with Crippen LogP contribution in [0.15, 0.2) is 48.9 Å². The summed E-state index contributed by atoms with van der Waals surface area (Å²) in [6, 6.07) is 9.37. The normalized spacial score (nSPS) is 15.9. The molecule has 1 saturated heterocycles. The van der Waals surface area contributed by atoms with Crippen molar-refractivity contribution in [3.05, 3.63) is 54.6 Å². The molecule has 0 spiro atoms. The standard InChI is InChI=1S/C19H23N7O2/c1-28-17-5-3-16(4-6-17)25-14-15(23-24-25)13-21-18(27)19(7-10-20-11-8-19)26-12-2-9-22-26/h2-6,9,12,14,20H,7-8,10-11,13H2,1H3,(H,21,27). The lowest BCUT2D eigenvalue weighted by atomic mass is 9.87. The SMILES string of the molecule is COc1ccc(-n2cc(CNC(=O)C3(n4cccn4)CCNCC3)nn2)cc1. The minimum absolute atomic E-state index is 0.0447. The fraction of sp³-hybridized carbons (Fsp3) is 0.368. The second-order valence-corrected chi connectivity index (χ2v) is 6.77. The Balaban J connectivity index is 1.45. The van der Waals surface area contributed by atoms with Crippen molar-refractivity contribution >= 4 is 5.91 Å². The highest BCUT2D eigenvalue weighted by Gasteiger charge is 2.41. The van der Waals surface area contributed by atoms with Crippen LogP contribution in [0.1, 0.15) is 18.5 Å². The maximum absolute atomic E-state index is 13.1. The number of nitrogens with one attached hydrogen (secondary N) is 2. The predicted molar refractivity (Wildman–Crippen MR) is 102 cm³/mol. The van der Waals surface area contributed by atoms with Crippen LogP contribution in [0, 0.1) is 0 Å². The van der Waals surface area contributed by atoms with Crippen LogP contribution < -0.4 is 15.4 Å². The van der Waals surface area contributed by atoms with Crippen LogP contribution in [0.2, 0.25) is 0 Å². The third kappa shape index (κ3) is 3.48. The lowest BCUT2D eigenvalue weighted by Gasteiger charge is -2.36. The van der Waals surface area contributed by atoms with E-state index in [2.05, 4.69) is 26.0 Å². The van der Waals surface area contributed by atoms with Gasteiger partial charge in [0.25, 0.3) is 0 Å². The molecule has 0 unspecified atom stereocenters. The van der Waals surface area contributed by atoms with Gasteiger partial charge in [-0.1, -0.05) is 5.21 Å². The number of aromatic nitrogens is 5. The number of carbonyl (C=O) groups excluding carboxylic acids is 1. The molecule has 146 valence electrons. The molecule has 3 heterocycles.